The van der Waals surface area contributed by atoms with Crippen LogP contribution in [0.1, 0.15) is 43.4 Å². The number of rotatable bonds is 1. The fourth-order valence-electron chi connectivity index (χ4n) is 3.96. The number of nitrogens with zero attached hydrogens (tertiary/aromatic N) is 2. The minimum absolute atomic E-state index is 0.191. The molecule has 1 aromatic heterocycles. The summed E-state index contributed by atoms with van der Waals surface area (Å²) in [4.78, 5) is 7.72. The Balaban J connectivity index is 1.81. The van der Waals surface area contributed by atoms with Crippen LogP contribution in [0.25, 0.3) is 11.3 Å². The highest BCUT2D eigenvalue weighted by Crippen LogP contribution is 2.49. The molecule has 0 radical (unpaired) electrons. The molecule has 1 fully saturated rings. The van der Waals surface area contributed by atoms with Gasteiger partial charge in [-0.2, -0.15) is 5.26 Å². The van der Waals surface area contributed by atoms with Crippen LogP contribution < -0.4 is 5.48 Å². The molecule has 5 nitrogen and oxygen atoms in total. The van der Waals surface area contributed by atoms with Gasteiger partial charge in [0.2, 0.25) is 0 Å². The van der Waals surface area contributed by atoms with Crippen molar-refractivity contribution in [1.82, 2.24) is 10.5 Å². The first-order valence-corrected chi connectivity index (χ1v) is 8.00. The predicted octanol–water partition coefficient (Wildman–Crippen LogP) is 3.78. The fourth-order valence-corrected chi connectivity index (χ4v) is 3.96. The third kappa shape index (κ3) is 2.07. The van der Waals surface area contributed by atoms with Gasteiger partial charge in [0.05, 0.1) is 11.1 Å². The summed E-state index contributed by atoms with van der Waals surface area (Å²) in [7, 11) is 0. The van der Waals surface area contributed by atoms with E-state index in [-0.39, 0.29) is 5.41 Å². The number of aliphatic imine (C=N–C) groups is 1. The van der Waals surface area contributed by atoms with E-state index < -0.39 is 0 Å². The van der Waals surface area contributed by atoms with Gasteiger partial charge in [-0.25, -0.2) is 4.99 Å². The van der Waals surface area contributed by atoms with Gasteiger partial charge in [-0.05, 0) is 48.2 Å². The van der Waals surface area contributed by atoms with E-state index in [0.717, 1.165) is 42.6 Å². The van der Waals surface area contributed by atoms with Crippen LogP contribution in [0, 0.1) is 11.3 Å². The summed E-state index contributed by atoms with van der Waals surface area (Å²) in [6.07, 6.45) is 5.53. The lowest BCUT2D eigenvalue weighted by Gasteiger charge is -2.35. The Morgan fingerprint density at radius 1 is 1.17 bits per heavy atom. The molecule has 2 aliphatic rings. The molecule has 0 amide bonds. The Kier molecular flexibility index (Phi) is 3.21. The molecular formula is C18H18N4O. The van der Waals surface area contributed by atoms with E-state index in [2.05, 4.69) is 27.6 Å². The number of hydrogen-bond donors (Lipinski definition) is 3. The highest BCUT2D eigenvalue weighted by molar-refractivity contribution is 6.00. The third-order valence-corrected chi connectivity index (χ3v) is 5.13. The van der Waals surface area contributed by atoms with Crippen molar-refractivity contribution in [3.63, 3.8) is 0 Å². The van der Waals surface area contributed by atoms with Crippen LogP contribution in [0.15, 0.2) is 35.3 Å². The van der Waals surface area contributed by atoms with Gasteiger partial charge in [0, 0.05) is 5.69 Å². The molecule has 0 saturated heterocycles. The maximum absolute atomic E-state index is 9.55. The molecular weight excluding hydrogens is 288 g/mol. The Bertz CT molecular complexity index is 822. The Morgan fingerprint density at radius 3 is 2.70 bits per heavy atom. The summed E-state index contributed by atoms with van der Waals surface area (Å²) in [5.74, 6) is 0.675. The predicted molar refractivity (Wildman–Crippen MR) is 87.7 cm³/mol. The second-order valence-electron chi connectivity index (χ2n) is 6.34. The molecule has 1 aromatic carbocycles. The molecule has 116 valence electrons. The average Bonchev–Trinajstić information content (AvgIpc) is 3.19. The first-order valence-electron chi connectivity index (χ1n) is 8.00. The van der Waals surface area contributed by atoms with E-state index in [1.165, 1.54) is 12.0 Å². The van der Waals surface area contributed by atoms with Gasteiger partial charge < -0.3 is 4.98 Å². The van der Waals surface area contributed by atoms with Crippen molar-refractivity contribution in [3.8, 4) is 17.3 Å². The molecule has 0 atom stereocenters. The molecule has 1 saturated carbocycles. The number of nitrogens with one attached hydrogen (secondary N) is 2. The third-order valence-electron chi connectivity index (χ3n) is 5.13. The van der Waals surface area contributed by atoms with Crippen LogP contribution in [0.5, 0.6) is 0 Å². The number of H-pyrrole nitrogens is 1. The summed E-state index contributed by atoms with van der Waals surface area (Å²) in [5.41, 5.74) is 6.80. The lowest BCUT2D eigenvalue weighted by atomic mass is 9.69. The molecule has 1 aliphatic heterocycles. The SMILES string of the molecule is N#Cc1ccc(-c2ccc3c(c2)C2(CCCCC2)C(NO)=N3)[nH]1. The van der Waals surface area contributed by atoms with Crippen molar-refractivity contribution in [1.29, 1.82) is 5.26 Å². The number of aromatic nitrogens is 1. The van der Waals surface area contributed by atoms with Gasteiger partial charge in [0.15, 0.2) is 0 Å². The van der Waals surface area contributed by atoms with Crippen LogP contribution in [0.3, 0.4) is 0 Å². The number of amidine groups is 1. The zero-order chi connectivity index (χ0) is 15.9. The van der Waals surface area contributed by atoms with Crippen molar-refractivity contribution in [2.45, 2.75) is 37.5 Å². The normalized spacial score (nSPS) is 18.3. The van der Waals surface area contributed by atoms with Gasteiger partial charge in [0.25, 0.3) is 0 Å². The molecule has 23 heavy (non-hydrogen) atoms. The van der Waals surface area contributed by atoms with Crippen molar-refractivity contribution < 1.29 is 5.21 Å². The molecule has 0 bridgehead atoms. The first-order chi connectivity index (χ1) is 11.3. The van der Waals surface area contributed by atoms with Gasteiger partial charge in [-0.1, -0.05) is 25.3 Å². The first kappa shape index (κ1) is 14.0. The van der Waals surface area contributed by atoms with Crippen LogP contribution in [-0.4, -0.2) is 16.0 Å². The van der Waals surface area contributed by atoms with E-state index >= 15 is 0 Å². The summed E-state index contributed by atoms with van der Waals surface area (Å²) < 4.78 is 0. The summed E-state index contributed by atoms with van der Waals surface area (Å²) >= 11 is 0. The highest BCUT2D eigenvalue weighted by Gasteiger charge is 2.44. The van der Waals surface area contributed by atoms with Crippen LogP contribution in [0.4, 0.5) is 5.69 Å². The lowest BCUT2D eigenvalue weighted by Crippen LogP contribution is -2.42. The summed E-state index contributed by atoms with van der Waals surface area (Å²) in [6, 6.07) is 12.0. The number of benzene rings is 1. The van der Waals surface area contributed by atoms with E-state index in [4.69, 9.17) is 5.26 Å². The largest absolute Gasteiger partial charge is 0.346 e. The van der Waals surface area contributed by atoms with Gasteiger partial charge >= 0.3 is 0 Å². The van der Waals surface area contributed by atoms with Crippen molar-refractivity contribution in [3.05, 3.63) is 41.6 Å². The summed E-state index contributed by atoms with van der Waals surface area (Å²) in [5, 5.41) is 18.5. The standard InChI is InChI=1S/C18H18N4O/c19-11-13-5-7-15(20-13)12-4-6-16-14(10-12)18(17(21-16)22-23)8-2-1-3-9-18/h4-7,10,20,23H,1-3,8-9H2,(H,21,22). The number of fused-ring (bicyclic) bond motifs is 2. The fraction of sp³-hybridized carbons (Fsp3) is 0.333. The van der Waals surface area contributed by atoms with Gasteiger partial charge in [0.1, 0.15) is 17.6 Å². The Morgan fingerprint density at radius 2 is 2.00 bits per heavy atom. The van der Waals surface area contributed by atoms with E-state index in [1.807, 2.05) is 18.2 Å². The number of hydroxylamine groups is 1. The minimum atomic E-state index is -0.191. The summed E-state index contributed by atoms with van der Waals surface area (Å²) in [6.45, 7) is 0. The zero-order valence-corrected chi connectivity index (χ0v) is 12.8. The average molecular weight is 306 g/mol. The number of nitriles is 1. The smallest absolute Gasteiger partial charge is 0.136 e. The molecule has 1 aliphatic carbocycles. The second kappa shape index (κ2) is 5.25. The molecule has 0 unspecified atom stereocenters. The lowest BCUT2D eigenvalue weighted by molar-refractivity contribution is 0.218. The number of hydrogen-bond acceptors (Lipinski definition) is 4. The molecule has 2 heterocycles. The molecule has 5 heteroatoms. The Hall–Kier alpha value is -2.58. The monoisotopic (exact) mass is 306 g/mol. The van der Waals surface area contributed by atoms with Crippen LogP contribution >= 0.6 is 0 Å². The van der Waals surface area contributed by atoms with Crippen molar-refractivity contribution >= 4 is 11.5 Å². The van der Waals surface area contributed by atoms with Crippen molar-refractivity contribution in [2.75, 3.05) is 0 Å². The zero-order valence-electron chi connectivity index (χ0n) is 12.8. The van der Waals surface area contributed by atoms with E-state index in [0.29, 0.717) is 11.5 Å². The molecule has 2 aromatic rings. The second-order valence-corrected chi connectivity index (χ2v) is 6.34. The van der Waals surface area contributed by atoms with E-state index in [1.54, 1.807) is 6.07 Å². The van der Waals surface area contributed by atoms with Gasteiger partial charge in [-0.15, -0.1) is 0 Å². The molecule has 1 spiro atoms. The topological polar surface area (TPSA) is 84.2 Å². The van der Waals surface area contributed by atoms with Crippen LogP contribution in [0.2, 0.25) is 0 Å². The number of aromatic amines is 1. The van der Waals surface area contributed by atoms with E-state index in [9.17, 15) is 5.21 Å². The Labute approximate surface area is 134 Å². The van der Waals surface area contributed by atoms with Gasteiger partial charge in [-0.3, -0.25) is 10.7 Å². The minimum Gasteiger partial charge on any atom is -0.346 e. The van der Waals surface area contributed by atoms with Crippen LogP contribution in [-0.2, 0) is 5.41 Å². The molecule has 3 N–H and O–H groups in total. The quantitative estimate of drug-likeness (QED) is 0.701. The highest BCUT2D eigenvalue weighted by atomic mass is 16.5. The maximum atomic E-state index is 9.55. The molecule has 4 rings (SSSR count). The maximum Gasteiger partial charge on any atom is 0.136 e. The van der Waals surface area contributed by atoms with Crippen molar-refractivity contribution in [2.24, 2.45) is 4.99 Å².